The molecule has 0 amide bonds. The highest BCUT2D eigenvalue weighted by atomic mass is 15.2. The van der Waals surface area contributed by atoms with Crippen LogP contribution in [0.1, 0.15) is 58.4 Å². The molecule has 1 aromatic rings. The second-order valence-electron chi connectivity index (χ2n) is 6.32. The molecule has 1 unspecified atom stereocenters. The van der Waals surface area contributed by atoms with Crippen molar-refractivity contribution in [3.8, 4) is 0 Å². The van der Waals surface area contributed by atoms with Crippen LogP contribution in [0.3, 0.4) is 0 Å². The van der Waals surface area contributed by atoms with Crippen LogP contribution >= 0.6 is 0 Å². The van der Waals surface area contributed by atoms with Crippen molar-refractivity contribution in [2.45, 2.75) is 64.5 Å². The predicted molar refractivity (Wildman–Crippen MR) is 70.2 cm³/mol. The summed E-state index contributed by atoms with van der Waals surface area (Å²) in [6.45, 7) is 4.77. The van der Waals surface area contributed by atoms with Crippen LogP contribution < -0.4 is 5.32 Å². The van der Waals surface area contributed by atoms with Gasteiger partial charge in [0.15, 0.2) is 0 Å². The van der Waals surface area contributed by atoms with Crippen molar-refractivity contribution in [3.63, 3.8) is 0 Å². The van der Waals surface area contributed by atoms with Crippen molar-refractivity contribution in [2.24, 2.45) is 5.41 Å². The van der Waals surface area contributed by atoms with Gasteiger partial charge in [-0.2, -0.15) is 0 Å². The predicted octanol–water partition coefficient (Wildman–Crippen LogP) is 3.60. The molecule has 3 nitrogen and oxygen atoms in total. The second-order valence-corrected chi connectivity index (χ2v) is 6.32. The number of rotatable bonds is 3. The molecule has 2 aliphatic carbocycles. The summed E-state index contributed by atoms with van der Waals surface area (Å²) in [4.78, 5) is 4.49. The number of hydrogen-bond donors (Lipinski definition) is 1. The van der Waals surface area contributed by atoms with Gasteiger partial charge in [-0.15, -0.1) is 0 Å². The van der Waals surface area contributed by atoms with Crippen molar-refractivity contribution in [3.05, 3.63) is 12.4 Å². The van der Waals surface area contributed by atoms with Crippen LogP contribution in [0.5, 0.6) is 0 Å². The van der Waals surface area contributed by atoms with Crippen molar-refractivity contribution >= 4 is 5.95 Å². The highest BCUT2D eigenvalue weighted by Crippen LogP contribution is 2.40. The molecule has 0 radical (unpaired) electrons. The van der Waals surface area contributed by atoms with Gasteiger partial charge in [-0.3, -0.25) is 0 Å². The first-order valence-electron chi connectivity index (χ1n) is 6.96. The zero-order valence-corrected chi connectivity index (χ0v) is 10.9. The maximum Gasteiger partial charge on any atom is 0.203 e. The van der Waals surface area contributed by atoms with Gasteiger partial charge in [0.1, 0.15) is 0 Å². The van der Waals surface area contributed by atoms with E-state index >= 15 is 0 Å². The van der Waals surface area contributed by atoms with E-state index in [1.54, 1.807) is 0 Å². The Bertz CT molecular complexity index is 390. The quantitative estimate of drug-likeness (QED) is 0.864. The molecule has 1 aromatic heterocycles. The van der Waals surface area contributed by atoms with Crippen LogP contribution in [0.25, 0.3) is 0 Å². The molecule has 2 aliphatic rings. The summed E-state index contributed by atoms with van der Waals surface area (Å²) in [5.74, 6) is 1.09. The molecule has 0 aromatic carbocycles. The normalized spacial score (nSPS) is 28.0. The third-order valence-electron chi connectivity index (χ3n) is 4.42. The summed E-state index contributed by atoms with van der Waals surface area (Å²) in [5.41, 5.74) is 0.401. The molecule has 1 N–H and O–H groups in total. The van der Waals surface area contributed by atoms with Gasteiger partial charge in [0.05, 0.1) is 0 Å². The van der Waals surface area contributed by atoms with Crippen LogP contribution in [-0.4, -0.2) is 15.6 Å². The Labute approximate surface area is 104 Å². The topological polar surface area (TPSA) is 29.9 Å². The fourth-order valence-electron chi connectivity index (χ4n) is 2.99. The van der Waals surface area contributed by atoms with Gasteiger partial charge in [0.2, 0.25) is 5.95 Å². The zero-order valence-electron chi connectivity index (χ0n) is 10.9. The highest BCUT2D eigenvalue weighted by Gasteiger charge is 2.34. The molecule has 0 bridgehead atoms. The SMILES string of the molecule is CC1(C)CCCCC1Nc1nccn1C1CC1. The van der Waals surface area contributed by atoms with Crippen LogP contribution in [0.2, 0.25) is 0 Å². The van der Waals surface area contributed by atoms with E-state index in [4.69, 9.17) is 0 Å². The molecule has 0 aliphatic heterocycles. The van der Waals surface area contributed by atoms with Crippen LogP contribution in [0.15, 0.2) is 12.4 Å². The molecule has 2 fully saturated rings. The lowest BCUT2D eigenvalue weighted by atomic mass is 9.73. The maximum absolute atomic E-state index is 4.49. The minimum Gasteiger partial charge on any atom is -0.352 e. The Hall–Kier alpha value is -0.990. The van der Waals surface area contributed by atoms with E-state index in [0.29, 0.717) is 17.5 Å². The number of anilines is 1. The third kappa shape index (κ3) is 2.20. The Morgan fingerprint density at radius 3 is 2.82 bits per heavy atom. The van der Waals surface area contributed by atoms with Crippen molar-refractivity contribution in [1.29, 1.82) is 0 Å². The molecule has 0 spiro atoms. The average Bonchev–Trinajstić information content (AvgIpc) is 3.02. The monoisotopic (exact) mass is 233 g/mol. The molecule has 3 heteroatoms. The number of imidazole rings is 1. The molecule has 94 valence electrons. The fraction of sp³-hybridized carbons (Fsp3) is 0.786. The van der Waals surface area contributed by atoms with E-state index in [2.05, 4.69) is 34.9 Å². The number of nitrogens with zero attached hydrogens (tertiary/aromatic N) is 2. The largest absolute Gasteiger partial charge is 0.352 e. The van der Waals surface area contributed by atoms with E-state index < -0.39 is 0 Å². The standard InChI is InChI=1S/C14H23N3/c1-14(2)8-4-3-5-12(14)16-13-15-9-10-17(13)11-6-7-11/h9-12H,3-8H2,1-2H3,(H,15,16). The summed E-state index contributed by atoms with van der Waals surface area (Å²) in [6, 6.07) is 1.29. The lowest BCUT2D eigenvalue weighted by Gasteiger charge is -2.39. The van der Waals surface area contributed by atoms with Crippen molar-refractivity contribution < 1.29 is 0 Å². The van der Waals surface area contributed by atoms with E-state index in [9.17, 15) is 0 Å². The Balaban J connectivity index is 1.74. The van der Waals surface area contributed by atoms with Gasteiger partial charge in [-0.1, -0.05) is 26.7 Å². The Morgan fingerprint density at radius 1 is 1.29 bits per heavy atom. The van der Waals surface area contributed by atoms with Gasteiger partial charge in [0.25, 0.3) is 0 Å². The minimum absolute atomic E-state index is 0.401. The van der Waals surface area contributed by atoms with Crippen molar-refractivity contribution in [1.82, 2.24) is 9.55 Å². The van der Waals surface area contributed by atoms with E-state index in [1.807, 2.05) is 6.20 Å². The summed E-state index contributed by atoms with van der Waals surface area (Å²) in [5, 5.41) is 3.69. The minimum atomic E-state index is 0.401. The molecule has 3 rings (SSSR count). The smallest absolute Gasteiger partial charge is 0.203 e. The number of aromatic nitrogens is 2. The van der Waals surface area contributed by atoms with Gasteiger partial charge in [-0.05, 0) is 31.1 Å². The highest BCUT2D eigenvalue weighted by molar-refractivity contribution is 5.30. The van der Waals surface area contributed by atoms with Crippen LogP contribution in [0, 0.1) is 5.41 Å². The first-order chi connectivity index (χ1) is 8.17. The van der Waals surface area contributed by atoms with Crippen molar-refractivity contribution in [2.75, 3.05) is 5.32 Å². The number of nitrogens with one attached hydrogen (secondary N) is 1. The number of hydrogen-bond acceptors (Lipinski definition) is 2. The van der Waals surface area contributed by atoms with Crippen LogP contribution in [0.4, 0.5) is 5.95 Å². The molecular formula is C14H23N3. The second kappa shape index (κ2) is 4.04. The first-order valence-corrected chi connectivity index (χ1v) is 6.96. The lowest BCUT2D eigenvalue weighted by molar-refractivity contribution is 0.216. The van der Waals surface area contributed by atoms with Gasteiger partial charge >= 0.3 is 0 Å². The van der Waals surface area contributed by atoms with E-state index in [0.717, 1.165) is 5.95 Å². The molecule has 17 heavy (non-hydrogen) atoms. The average molecular weight is 233 g/mol. The Kier molecular flexibility index (Phi) is 2.64. The lowest BCUT2D eigenvalue weighted by Crippen LogP contribution is -2.39. The summed E-state index contributed by atoms with van der Waals surface area (Å²) >= 11 is 0. The molecule has 1 atom stereocenters. The first kappa shape index (κ1) is 11.1. The molecule has 2 saturated carbocycles. The van der Waals surface area contributed by atoms with Crippen LogP contribution in [-0.2, 0) is 0 Å². The van der Waals surface area contributed by atoms with E-state index in [1.165, 1.54) is 38.5 Å². The summed E-state index contributed by atoms with van der Waals surface area (Å²) in [6.07, 6.45) is 12.0. The fourth-order valence-corrected chi connectivity index (χ4v) is 2.99. The third-order valence-corrected chi connectivity index (χ3v) is 4.42. The van der Waals surface area contributed by atoms with Gasteiger partial charge in [0, 0.05) is 24.5 Å². The van der Waals surface area contributed by atoms with Gasteiger partial charge < -0.3 is 9.88 Å². The van der Waals surface area contributed by atoms with Gasteiger partial charge in [-0.25, -0.2) is 4.98 Å². The summed E-state index contributed by atoms with van der Waals surface area (Å²) in [7, 11) is 0. The zero-order chi connectivity index (χ0) is 11.9. The maximum atomic E-state index is 4.49. The van der Waals surface area contributed by atoms with E-state index in [-0.39, 0.29) is 0 Å². The molecular weight excluding hydrogens is 210 g/mol. The molecule has 1 heterocycles. The Morgan fingerprint density at radius 2 is 2.12 bits per heavy atom. The molecule has 0 saturated heterocycles. The summed E-state index contributed by atoms with van der Waals surface area (Å²) < 4.78 is 2.32.